The molecule has 0 fully saturated rings. The second-order valence-electron chi connectivity index (χ2n) is 4.05. The molecular weight excluding hydrogens is 267 g/mol. The molecule has 2 rings (SSSR count). The first-order valence-electron chi connectivity index (χ1n) is 5.70. The van der Waals surface area contributed by atoms with Crippen LogP contribution in [-0.4, -0.2) is 7.11 Å². The van der Waals surface area contributed by atoms with Crippen LogP contribution in [-0.2, 0) is 0 Å². The summed E-state index contributed by atoms with van der Waals surface area (Å²) < 4.78 is 18.6. The third-order valence-corrected chi connectivity index (χ3v) is 3.13. The van der Waals surface area contributed by atoms with Gasteiger partial charge in [-0.25, -0.2) is 9.82 Å². The first-order valence-corrected chi connectivity index (χ1v) is 6.08. The fraction of sp³-hybridized carbons (Fsp3) is 0.143. The molecule has 0 heterocycles. The van der Waals surface area contributed by atoms with Gasteiger partial charge in [-0.05, 0) is 35.4 Å². The molecule has 0 bridgehead atoms. The van der Waals surface area contributed by atoms with Gasteiger partial charge in [0.25, 0.3) is 0 Å². The van der Waals surface area contributed by atoms with Crippen molar-refractivity contribution in [1.29, 1.82) is 0 Å². The van der Waals surface area contributed by atoms with Crippen LogP contribution < -0.4 is 16.0 Å². The molecule has 0 amide bonds. The standard InChI is InChI=1S/C14H14ClFN2O/c1-19-13-7-4-10(8-12(13)16)14(18-17)9-2-5-11(15)6-3-9/h2-8,14,18H,17H2,1H3. The summed E-state index contributed by atoms with van der Waals surface area (Å²) in [5.41, 5.74) is 4.28. The van der Waals surface area contributed by atoms with Gasteiger partial charge in [0.05, 0.1) is 13.2 Å². The van der Waals surface area contributed by atoms with Gasteiger partial charge in [-0.15, -0.1) is 0 Å². The van der Waals surface area contributed by atoms with Gasteiger partial charge in [-0.2, -0.15) is 0 Å². The molecule has 100 valence electrons. The molecule has 3 N–H and O–H groups in total. The summed E-state index contributed by atoms with van der Waals surface area (Å²) in [6.45, 7) is 0. The van der Waals surface area contributed by atoms with Crippen molar-refractivity contribution in [3.05, 3.63) is 64.4 Å². The predicted molar refractivity (Wildman–Crippen MR) is 73.6 cm³/mol. The Morgan fingerprint density at radius 2 is 1.79 bits per heavy atom. The van der Waals surface area contributed by atoms with E-state index in [1.165, 1.54) is 13.2 Å². The first-order chi connectivity index (χ1) is 9.15. The Kier molecular flexibility index (Phi) is 4.37. The van der Waals surface area contributed by atoms with Gasteiger partial charge in [0.1, 0.15) is 0 Å². The lowest BCUT2D eigenvalue weighted by atomic mass is 9.99. The van der Waals surface area contributed by atoms with Gasteiger partial charge in [0.15, 0.2) is 11.6 Å². The van der Waals surface area contributed by atoms with Gasteiger partial charge in [0, 0.05) is 5.02 Å². The van der Waals surface area contributed by atoms with Crippen LogP contribution in [0, 0.1) is 5.82 Å². The summed E-state index contributed by atoms with van der Waals surface area (Å²) in [5, 5.41) is 0.639. The Labute approximate surface area is 116 Å². The second-order valence-corrected chi connectivity index (χ2v) is 4.48. The molecule has 2 aromatic rings. The molecule has 2 aromatic carbocycles. The van der Waals surface area contributed by atoms with Crippen molar-refractivity contribution in [2.75, 3.05) is 7.11 Å². The topological polar surface area (TPSA) is 47.3 Å². The highest BCUT2D eigenvalue weighted by Gasteiger charge is 2.14. The lowest BCUT2D eigenvalue weighted by molar-refractivity contribution is 0.385. The van der Waals surface area contributed by atoms with E-state index >= 15 is 0 Å². The van der Waals surface area contributed by atoms with E-state index < -0.39 is 5.82 Å². The van der Waals surface area contributed by atoms with E-state index in [0.717, 1.165) is 5.56 Å². The number of hydrogen-bond acceptors (Lipinski definition) is 3. The van der Waals surface area contributed by atoms with E-state index in [0.29, 0.717) is 10.6 Å². The lowest BCUT2D eigenvalue weighted by Crippen LogP contribution is -2.28. The minimum Gasteiger partial charge on any atom is -0.494 e. The van der Waals surface area contributed by atoms with E-state index in [-0.39, 0.29) is 11.8 Å². The molecule has 0 aliphatic carbocycles. The van der Waals surface area contributed by atoms with Gasteiger partial charge in [-0.1, -0.05) is 29.8 Å². The summed E-state index contributed by atoms with van der Waals surface area (Å²) in [6.07, 6.45) is 0. The minimum absolute atomic E-state index is 0.204. The predicted octanol–water partition coefficient (Wildman–Crippen LogP) is 3.04. The Bertz CT molecular complexity index is 560. The maximum Gasteiger partial charge on any atom is 0.165 e. The molecule has 1 atom stereocenters. The Morgan fingerprint density at radius 3 is 2.32 bits per heavy atom. The van der Waals surface area contributed by atoms with E-state index in [1.54, 1.807) is 24.3 Å². The molecule has 1 unspecified atom stereocenters. The molecule has 0 saturated heterocycles. The molecule has 0 spiro atoms. The summed E-state index contributed by atoms with van der Waals surface area (Å²) in [5.74, 6) is 5.34. The van der Waals surface area contributed by atoms with Crippen molar-refractivity contribution >= 4 is 11.6 Å². The normalized spacial score (nSPS) is 12.2. The van der Waals surface area contributed by atoms with E-state index in [2.05, 4.69) is 5.43 Å². The fourth-order valence-electron chi connectivity index (χ4n) is 1.90. The number of benzene rings is 2. The number of hydrogen-bond donors (Lipinski definition) is 2. The molecule has 0 saturated carbocycles. The smallest absolute Gasteiger partial charge is 0.165 e. The van der Waals surface area contributed by atoms with Crippen LogP contribution in [0.25, 0.3) is 0 Å². The molecule has 0 radical (unpaired) electrons. The van der Waals surface area contributed by atoms with Crippen molar-refractivity contribution in [3.63, 3.8) is 0 Å². The van der Waals surface area contributed by atoms with Crippen molar-refractivity contribution < 1.29 is 9.13 Å². The molecule has 0 aliphatic rings. The molecule has 0 aromatic heterocycles. The van der Waals surface area contributed by atoms with Crippen molar-refractivity contribution in [2.24, 2.45) is 5.84 Å². The van der Waals surface area contributed by atoms with E-state index in [4.69, 9.17) is 22.2 Å². The lowest BCUT2D eigenvalue weighted by Gasteiger charge is -2.17. The maximum atomic E-state index is 13.7. The highest BCUT2D eigenvalue weighted by Crippen LogP contribution is 2.26. The maximum absolute atomic E-state index is 13.7. The largest absolute Gasteiger partial charge is 0.494 e. The van der Waals surface area contributed by atoms with Crippen molar-refractivity contribution in [2.45, 2.75) is 6.04 Å². The number of nitrogens with one attached hydrogen (secondary N) is 1. The van der Waals surface area contributed by atoms with Crippen LogP contribution in [0.3, 0.4) is 0 Å². The van der Waals surface area contributed by atoms with E-state index in [1.807, 2.05) is 12.1 Å². The molecule has 19 heavy (non-hydrogen) atoms. The molecule has 3 nitrogen and oxygen atoms in total. The average Bonchev–Trinajstić information content (AvgIpc) is 2.42. The van der Waals surface area contributed by atoms with Gasteiger partial charge >= 0.3 is 0 Å². The highest BCUT2D eigenvalue weighted by molar-refractivity contribution is 6.30. The number of rotatable bonds is 4. The second kappa shape index (κ2) is 6.02. The number of hydrazine groups is 1. The summed E-state index contributed by atoms with van der Waals surface area (Å²) >= 11 is 5.84. The SMILES string of the molecule is COc1ccc(C(NN)c2ccc(Cl)cc2)cc1F. The zero-order chi connectivity index (χ0) is 13.8. The summed E-state index contributed by atoms with van der Waals surface area (Å²) in [4.78, 5) is 0. The number of halogens is 2. The molecule has 0 aliphatic heterocycles. The Hall–Kier alpha value is -1.62. The Balaban J connectivity index is 2.36. The third-order valence-electron chi connectivity index (χ3n) is 2.88. The average molecular weight is 281 g/mol. The van der Waals surface area contributed by atoms with Crippen LogP contribution in [0.15, 0.2) is 42.5 Å². The van der Waals surface area contributed by atoms with Gasteiger partial charge in [-0.3, -0.25) is 5.84 Å². The van der Waals surface area contributed by atoms with Crippen molar-refractivity contribution in [1.82, 2.24) is 5.43 Å². The zero-order valence-corrected chi connectivity index (χ0v) is 11.1. The van der Waals surface area contributed by atoms with Gasteiger partial charge < -0.3 is 4.74 Å². The third kappa shape index (κ3) is 3.04. The van der Waals surface area contributed by atoms with Crippen LogP contribution in [0.4, 0.5) is 4.39 Å². The zero-order valence-electron chi connectivity index (χ0n) is 10.4. The first kappa shape index (κ1) is 13.8. The highest BCUT2D eigenvalue weighted by atomic mass is 35.5. The molecular formula is C14H14ClFN2O. The summed E-state index contributed by atoms with van der Waals surface area (Å²) in [7, 11) is 1.43. The summed E-state index contributed by atoms with van der Waals surface area (Å²) in [6, 6.07) is 11.6. The fourth-order valence-corrected chi connectivity index (χ4v) is 2.03. The number of ether oxygens (including phenoxy) is 1. The van der Waals surface area contributed by atoms with Crippen LogP contribution in [0.5, 0.6) is 5.75 Å². The van der Waals surface area contributed by atoms with Crippen molar-refractivity contribution in [3.8, 4) is 5.75 Å². The number of nitrogens with two attached hydrogens (primary N) is 1. The Morgan fingerprint density at radius 1 is 1.16 bits per heavy atom. The van der Waals surface area contributed by atoms with Gasteiger partial charge in [0.2, 0.25) is 0 Å². The van der Waals surface area contributed by atoms with E-state index in [9.17, 15) is 4.39 Å². The minimum atomic E-state index is -0.422. The van der Waals surface area contributed by atoms with Crippen LogP contribution in [0.2, 0.25) is 5.02 Å². The van der Waals surface area contributed by atoms with Crippen LogP contribution >= 0.6 is 11.6 Å². The monoisotopic (exact) mass is 280 g/mol. The quantitative estimate of drug-likeness (QED) is 0.668. The number of methoxy groups -OCH3 is 1. The van der Waals surface area contributed by atoms with Crippen LogP contribution in [0.1, 0.15) is 17.2 Å². The molecule has 5 heteroatoms.